The third-order valence-electron chi connectivity index (χ3n) is 3.50. The van der Waals surface area contributed by atoms with Crippen LogP contribution in [0.15, 0.2) is 22.7 Å². The molecular formula is C13H12F3N3O. The molecule has 0 aliphatic heterocycles. The Bertz CT molecular complexity index is 659. The van der Waals surface area contributed by atoms with Crippen molar-refractivity contribution in [2.75, 3.05) is 5.73 Å². The average molecular weight is 283 g/mol. The van der Waals surface area contributed by atoms with Gasteiger partial charge in [-0.15, -0.1) is 0 Å². The zero-order valence-electron chi connectivity index (χ0n) is 10.7. The Morgan fingerprint density at radius 1 is 1.25 bits per heavy atom. The molecule has 2 N–H and O–H groups in total. The maximum absolute atomic E-state index is 12.7. The summed E-state index contributed by atoms with van der Waals surface area (Å²) in [6, 6.07) is 3.23. The van der Waals surface area contributed by atoms with Crippen LogP contribution in [0, 0.1) is 0 Å². The average Bonchev–Trinajstić information content (AvgIpc) is 2.92. The topological polar surface area (TPSA) is 64.9 Å². The van der Waals surface area contributed by atoms with Crippen LogP contribution in [0.2, 0.25) is 0 Å². The third kappa shape index (κ3) is 2.23. The van der Waals surface area contributed by atoms with Crippen LogP contribution >= 0.6 is 0 Å². The van der Waals surface area contributed by atoms with E-state index in [9.17, 15) is 13.2 Å². The van der Waals surface area contributed by atoms with E-state index in [0.717, 1.165) is 25.0 Å². The van der Waals surface area contributed by atoms with Crippen LogP contribution < -0.4 is 5.73 Å². The minimum absolute atomic E-state index is 0.00667. The molecule has 3 rings (SSSR count). The van der Waals surface area contributed by atoms with E-state index in [4.69, 9.17) is 10.3 Å². The fourth-order valence-electron chi connectivity index (χ4n) is 1.94. The molecule has 20 heavy (non-hydrogen) atoms. The zero-order valence-corrected chi connectivity index (χ0v) is 10.7. The SMILES string of the molecule is CC1(c2noc(-c3cc(N)cc(C(F)(F)F)c3)n2)CC1. The molecular weight excluding hydrogens is 271 g/mol. The number of nitrogens with two attached hydrogens (primary N) is 1. The van der Waals surface area contributed by atoms with E-state index in [1.54, 1.807) is 0 Å². The number of aromatic nitrogens is 2. The van der Waals surface area contributed by atoms with Crippen molar-refractivity contribution in [1.82, 2.24) is 10.1 Å². The van der Waals surface area contributed by atoms with Crippen LogP contribution in [-0.2, 0) is 11.6 Å². The predicted octanol–water partition coefficient (Wildman–Crippen LogP) is 3.39. The Morgan fingerprint density at radius 2 is 1.95 bits per heavy atom. The van der Waals surface area contributed by atoms with E-state index < -0.39 is 11.7 Å². The molecule has 0 radical (unpaired) electrons. The standard InChI is InChI=1S/C13H12F3N3O/c1-12(2-3-12)11-18-10(20-19-11)7-4-8(13(14,15)16)6-9(17)5-7/h4-6H,2-3,17H2,1H3. The second kappa shape index (κ2) is 3.97. The Labute approximate surface area is 112 Å². The van der Waals surface area contributed by atoms with Gasteiger partial charge in [0.15, 0.2) is 5.82 Å². The molecule has 1 aromatic heterocycles. The molecule has 1 heterocycles. The largest absolute Gasteiger partial charge is 0.416 e. The summed E-state index contributed by atoms with van der Waals surface area (Å²) >= 11 is 0. The van der Waals surface area contributed by atoms with Gasteiger partial charge < -0.3 is 10.3 Å². The Balaban J connectivity index is 2.01. The first-order valence-corrected chi connectivity index (χ1v) is 6.10. The second-order valence-corrected chi connectivity index (χ2v) is 5.33. The number of benzene rings is 1. The van der Waals surface area contributed by atoms with Gasteiger partial charge in [-0.05, 0) is 31.0 Å². The van der Waals surface area contributed by atoms with Gasteiger partial charge in [-0.3, -0.25) is 0 Å². The fourth-order valence-corrected chi connectivity index (χ4v) is 1.94. The van der Waals surface area contributed by atoms with E-state index in [-0.39, 0.29) is 22.6 Å². The molecule has 0 bridgehead atoms. The molecule has 4 nitrogen and oxygen atoms in total. The number of nitrogen functional groups attached to an aromatic ring is 1. The quantitative estimate of drug-likeness (QED) is 0.858. The lowest BCUT2D eigenvalue weighted by Gasteiger charge is -2.08. The molecule has 1 aromatic carbocycles. The van der Waals surface area contributed by atoms with Crippen LogP contribution in [0.1, 0.15) is 31.2 Å². The monoisotopic (exact) mass is 283 g/mol. The summed E-state index contributed by atoms with van der Waals surface area (Å²) in [6.45, 7) is 1.99. The second-order valence-electron chi connectivity index (χ2n) is 5.33. The first-order chi connectivity index (χ1) is 9.28. The zero-order chi connectivity index (χ0) is 14.5. The summed E-state index contributed by atoms with van der Waals surface area (Å²) in [5.74, 6) is 0.592. The first-order valence-electron chi connectivity index (χ1n) is 6.10. The van der Waals surface area contributed by atoms with E-state index in [2.05, 4.69) is 10.1 Å². The molecule has 1 saturated carbocycles. The summed E-state index contributed by atoms with van der Waals surface area (Å²) in [5, 5.41) is 3.84. The summed E-state index contributed by atoms with van der Waals surface area (Å²) < 4.78 is 43.3. The van der Waals surface area contributed by atoms with Gasteiger partial charge >= 0.3 is 6.18 Å². The van der Waals surface area contributed by atoms with Crippen molar-refractivity contribution in [3.05, 3.63) is 29.6 Å². The van der Waals surface area contributed by atoms with Crippen molar-refractivity contribution >= 4 is 5.69 Å². The maximum atomic E-state index is 12.7. The number of rotatable bonds is 2. The smallest absolute Gasteiger partial charge is 0.399 e. The highest BCUT2D eigenvalue weighted by atomic mass is 19.4. The molecule has 106 valence electrons. The van der Waals surface area contributed by atoms with Crippen molar-refractivity contribution in [2.45, 2.75) is 31.4 Å². The van der Waals surface area contributed by atoms with Crippen molar-refractivity contribution in [3.63, 3.8) is 0 Å². The molecule has 0 saturated heterocycles. The van der Waals surface area contributed by atoms with E-state index >= 15 is 0 Å². The maximum Gasteiger partial charge on any atom is 0.416 e. The Hall–Kier alpha value is -2.05. The van der Waals surface area contributed by atoms with Crippen molar-refractivity contribution in [1.29, 1.82) is 0 Å². The van der Waals surface area contributed by atoms with E-state index in [1.807, 2.05) is 6.92 Å². The molecule has 2 aromatic rings. The minimum Gasteiger partial charge on any atom is -0.399 e. The van der Waals surface area contributed by atoms with Gasteiger partial charge in [0, 0.05) is 16.7 Å². The number of halogens is 3. The van der Waals surface area contributed by atoms with Gasteiger partial charge in [0.1, 0.15) is 0 Å². The number of hydrogen-bond acceptors (Lipinski definition) is 4. The first kappa shape index (κ1) is 13.0. The van der Waals surface area contributed by atoms with Gasteiger partial charge in [-0.1, -0.05) is 12.1 Å². The molecule has 0 unspecified atom stereocenters. The van der Waals surface area contributed by atoms with Gasteiger partial charge in [0.2, 0.25) is 0 Å². The van der Waals surface area contributed by atoms with Gasteiger partial charge in [-0.25, -0.2) is 0 Å². The number of nitrogens with zero attached hydrogens (tertiary/aromatic N) is 2. The summed E-state index contributed by atoms with van der Waals surface area (Å²) in [6.07, 6.45) is -2.55. The fraction of sp³-hybridized carbons (Fsp3) is 0.385. The van der Waals surface area contributed by atoms with Gasteiger partial charge in [0.05, 0.1) is 5.56 Å². The molecule has 1 fully saturated rings. The summed E-state index contributed by atoms with van der Waals surface area (Å²) in [5.41, 5.74) is 4.76. The van der Waals surface area contributed by atoms with Crippen molar-refractivity contribution in [2.24, 2.45) is 0 Å². The highest BCUT2D eigenvalue weighted by Gasteiger charge is 2.43. The molecule has 1 aliphatic rings. The van der Waals surface area contributed by atoms with Gasteiger partial charge in [0.25, 0.3) is 5.89 Å². The Kier molecular flexibility index (Phi) is 2.57. The van der Waals surface area contributed by atoms with Crippen LogP contribution in [0.3, 0.4) is 0 Å². The number of hydrogen-bond donors (Lipinski definition) is 1. The summed E-state index contributed by atoms with van der Waals surface area (Å²) in [7, 11) is 0. The molecule has 0 atom stereocenters. The van der Waals surface area contributed by atoms with Crippen LogP contribution in [-0.4, -0.2) is 10.1 Å². The molecule has 0 spiro atoms. The highest BCUT2D eigenvalue weighted by molar-refractivity contribution is 5.62. The lowest BCUT2D eigenvalue weighted by Crippen LogP contribution is -2.06. The predicted molar refractivity (Wildman–Crippen MR) is 65.7 cm³/mol. The summed E-state index contributed by atoms with van der Waals surface area (Å²) in [4.78, 5) is 4.18. The molecule has 1 aliphatic carbocycles. The lowest BCUT2D eigenvalue weighted by atomic mass is 10.1. The molecule has 7 heteroatoms. The van der Waals surface area contributed by atoms with Crippen molar-refractivity contribution < 1.29 is 17.7 Å². The van der Waals surface area contributed by atoms with E-state index in [0.29, 0.717) is 5.82 Å². The molecule has 0 amide bonds. The van der Waals surface area contributed by atoms with E-state index in [1.165, 1.54) is 6.07 Å². The lowest BCUT2D eigenvalue weighted by molar-refractivity contribution is -0.137. The minimum atomic E-state index is -4.46. The third-order valence-corrected chi connectivity index (χ3v) is 3.50. The Morgan fingerprint density at radius 3 is 2.55 bits per heavy atom. The van der Waals surface area contributed by atoms with Crippen LogP contribution in [0.25, 0.3) is 11.5 Å². The number of anilines is 1. The highest BCUT2D eigenvalue weighted by Crippen LogP contribution is 2.46. The number of alkyl halides is 3. The van der Waals surface area contributed by atoms with Crippen LogP contribution in [0.4, 0.5) is 18.9 Å². The normalized spacial score (nSPS) is 17.2. The van der Waals surface area contributed by atoms with Gasteiger partial charge in [-0.2, -0.15) is 18.2 Å². The van der Waals surface area contributed by atoms with Crippen molar-refractivity contribution in [3.8, 4) is 11.5 Å². The van der Waals surface area contributed by atoms with Crippen LogP contribution in [0.5, 0.6) is 0 Å².